The van der Waals surface area contributed by atoms with E-state index in [1.54, 1.807) is 11.0 Å². The number of carbonyl (C=O) groups excluding carboxylic acids is 1. The first-order valence-electron chi connectivity index (χ1n) is 8.36. The minimum Gasteiger partial charge on any atom is -0.465 e. The van der Waals surface area contributed by atoms with E-state index in [1.807, 2.05) is 26.8 Å². The van der Waals surface area contributed by atoms with Gasteiger partial charge in [0, 0.05) is 23.5 Å². The topological polar surface area (TPSA) is 93.9 Å². The number of carbonyl (C=O) groups is 2. The first-order valence-corrected chi connectivity index (χ1v) is 9.15. The normalized spacial score (nSPS) is 21.7. The number of nitrogens with zero attached hydrogens (tertiary/aromatic N) is 3. The molecule has 26 heavy (non-hydrogen) atoms. The minimum atomic E-state index is -1.08. The van der Waals surface area contributed by atoms with Gasteiger partial charge >= 0.3 is 12.2 Å². The van der Waals surface area contributed by atoms with E-state index < -0.39 is 17.8 Å². The van der Waals surface area contributed by atoms with Crippen LogP contribution in [0.4, 0.5) is 15.3 Å². The van der Waals surface area contributed by atoms with Gasteiger partial charge in [-0.1, -0.05) is 15.9 Å². The number of halogens is 1. The molecule has 2 heterocycles. The molecule has 8 heteroatoms. The highest BCUT2D eigenvalue weighted by Crippen LogP contribution is 2.47. The van der Waals surface area contributed by atoms with Crippen molar-refractivity contribution in [1.29, 1.82) is 5.26 Å². The SMILES string of the molecule is CC(C)(C)OC(=O)N1CC[C@H]2[C@@H](C1)c1cc(Br)cc(C#N)c1N2C(=O)O. The van der Waals surface area contributed by atoms with Gasteiger partial charge in [0.25, 0.3) is 0 Å². The predicted octanol–water partition coefficient (Wildman–Crippen LogP) is 3.91. The van der Waals surface area contributed by atoms with E-state index in [-0.39, 0.29) is 12.0 Å². The van der Waals surface area contributed by atoms with Crippen LogP contribution >= 0.6 is 15.9 Å². The van der Waals surface area contributed by atoms with Crippen molar-refractivity contribution in [3.63, 3.8) is 0 Å². The third-order valence-corrected chi connectivity index (χ3v) is 5.09. The number of rotatable bonds is 0. The molecule has 0 unspecified atom stereocenters. The molecule has 1 aromatic carbocycles. The first kappa shape index (κ1) is 18.5. The van der Waals surface area contributed by atoms with Crippen molar-refractivity contribution in [2.45, 2.75) is 44.8 Å². The molecule has 1 N–H and O–H groups in total. The summed E-state index contributed by atoms with van der Waals surface area (Å²) >= 11 is 3.39. The number of fused-ring (bicyclic) bond motifs is 3. The molecule has 1 saturated heterocycles. The van der Waals surface area contributed by atoms with Gasteiger partial charge in [-0.05, 0) is 44.9 Å². The molecule has 0 saturated carbocycles. The Morgan fingerprint density at radius 2 is 2.08 bits per heavy atom. The van der Waals surface area contributed by atoms with Crippen LogP contribution in [0.3, 0.4) is 0 Å². The zero-order valence-electron chi connectivity index (χ0n) is 14.8. The number of nitriles is 1. The van der Waals surface area contributed by atoms with E-state index in [4.69, 9.17) is 4.74 Å². The Morgan fingerprint density at radius 1 is 1.38 bits per heavy atom. The number of benzene rings is 1. The summed E-state index contributed by atoms with van der Waals surface area (Å²) in [5, 5.41) is 19.2. The number of likely N-dealkylation sites (tertiary alicyclic amines) is 1. The summed E-state index contributed by atoms with van der Waals surface area (Å²) in [4.78, 5) is 27.2. The first-order chi connectivity index (χ1) is 12.1. The van der Waals surface area contributed by atoms with Crippen molar-refractivity contribution in [2.24, 2.45) is 0 Å². The fraction of sp³-hybridized carbons (Fsp3) is 0.500. The second-order valence-electron chi connectivity index (χ2n) is 7.54. The third-order valence-electron chi connectivity index (χ3n) is 4.63. The Hall–Kier alpha value is -2.27. The highest BCUT2D eigenvalue weighted by Gasteiger charge is 2.47. The van der Waals surface area contributed by atoms with Crippen molar-refractivity contribution < 1.29 is 19.4 Å². The lowest BCUT2D eigenvalue weighted by Gasteiger charge is -2.37. The zero-order valence-corrected chi connectivity index (χ0v) is 16.4. The summed E-state index contributed by atoms with van der Waals surface area (Å²) in [5.41, 5.74) is 0.932. The van der Waals surface area contributed by atoms with Gasteiger partial charge in [0.1, 0.15) is 11.7 Å². The lowest BCUT2D eigenvalue weighted by atomic mass is 9.89. The Bertz CT molecular complexity index is 812. The average Bonchev–Trinajstić information content (AvgIpc) is 2.86. The summed E-state index contributed by atoms with van der Waals surface area (Å²) in [5.74, 6) is -0.188. The fourth-order valence-corrected chi connectivity index (χ4v) is 4.18. The highest BCUT2D eigenvalue weighted by molar-refractivity contribution is 9.10. The molecule has 2 aliphatic heterocycles. The number of piperidine rings is 1. The number of hydrogen-bond donors (Lipinski definition) is 1. The molecule has 0 radical (unpaired) electrons. The van der Waals surface area contributed by atoms with E-state index in [0.717, 1.165) is 5.56 Å². The van der Waals surface area contributed by atoms with Crippen LogP contribution in [-0.4, -0.2) is 46.9 Å². The molecule has 2 aliphatic rings. The van der Waals surface area contributed by atoms with E-state index in [2.05, 4.69) is 22.0 Å². The van der Waals surface area contributed by atoms with Gasteiger partial charge in [0.05, 0.1) is 17.3 Å². The Labute approximate surface area is 160 Å². The van der Waals surface area contributed by atoms with Crippen molar-refractivity contribution in [2.75, 3.05) is 18.0 Å². The molecule has 0 aliphatic carbocycles. The largest absolute Gasteiger partial charge is 0.465 e. The zero-order chi connectivity index (χ0) is 19.2. The van der Waals surface area contributed by atoms with E-state index >= 15 is 0 Å². The molecule has 3 rings (SSSR count). The van der Waals surface area contributed by atoms with Crippen LogP contribution in [0.2, 0.25) is 0 Å². The van der Waals surface area contributed by atoms with Crippen LogP contribution in [0.5, 0.6) is 0 Å². The number of amides is 2. The van der Waals surface area contributed by atoms with Gasteiger partial charge in [-0.3, -0.25) is 4.90 Å². The summed E-state index contributed by atoms with van der Waals surface area (Å²) in [6.45, 7) is 6.20. The quantitative estimate of drug-likeness (QED) is 0.684. The van der Waals surface area contributed by atoms with Crippen molar-refractivity contribution >= 4 is 33.8 Å². The summed E-state index contributed by atoms with van der Waals surface area (Å²) in [6.07, 6.45) is -0.988. The third kappa shape index (κ3) is 3.23. The smallest absolute Gasteiger partial charge is 0.412 e. The predicted molar refractivity (Wildman–Crippen MR) is 98.3 cm³/mol. The summed E-state index contributed by atoms with van der Waals surface area (Å²) < 4.78 is 6.17. The van der Waals surface area contributed by atoms with Crippen molar-refractivity contribution in [3.05, 3.63) is 27.7 Å². The number of ether oxygens (including phenoxy) is 1. The van der Waals surface area contributed by atoms with E-state index in [1.165, 1.54) is 4.90 Å². The van der Waals surface area contributed by atoms with Crippen LogP contribution in [0.15, 0.2) is 16.6 Å². The maximum atomic E-state index is 12.4. The number of hydrogen-bond acceptors (Lipinski definition) is 4. The molecule has 1 fully saturated rings. The monoisotopic (exact) mass is 421 g/mol. The second-order valence-corrected chi connectivity index (χ2v) is 8.46. The van der Waals surface area contributed by atoms with Gasteiger partial charge in [0.15, 0.2) is 0 Å². The maximum Gasteiger partial charge on any atom is 0.412 e. The standard InChI is InChI=1S/C18H20BrN3O4/c1-18(2,3)26-17(25)21-5-4-14-13(9-21)12-7-11(19)6-10(8-20)15(12)22(14)16(23)24/h6-7,13-14H,4-5,9H2,1-3H3,(H,23,24)/t13-,14-/m0/s1. The van der Waals surface area contributed by atoms with Crippen molar-refractivity contribution in [1.82, 2.24) is 4.90 Å². The van der Waals surface area contributed by atoms with Crippen LogP contribution < -0.4 is 4.90 Å². The van der Waals surface area contributed by atoms with Crippen LogP contribution in [0.25, 0.3) is 0 Å². The summed E-state index contributed by atoms with van der Waals surface area (Å²) in [7, 11) is 0. The van der Waals surface area contributed by atoms with Gasteiger partial charge in [0.2, 0.25) is 0 Å². The van der Waals surface area contributed by atoms with Gasteiger partial charge in [-0.15, -0.1) is 0 Å². The second kappa shape index (κ2) is 6.47. The van der Waals surface area contributed by atoms with Gasteiger partial charge in [-0.2, -0.15) is 5.26 Å². The Balaban J connectivity index is 1.97. The molecule has 0 aromatic heterocycles. The molecular formula is C18H20BrN3O4. The van der Waals surface area contributed by atoms with Crippen LogP contribution in [0, 0.1) is 11.3 Å². The van der Waals surface area contributed by atoms with E-state index in [9.17, 15) is 20.0 Å². The van der Waals surface area contributed by atoms with Gasteiger partial charge < -0.3 is 14.7 Å². The van der Waals surface area contributed by atoms with Crippen LogP contribution in [0.1, 0.15) is 44.2 Å². The molecular weight excluding hydrogens is 402 g/mol. The lowest BCUT2D eigenvalue weighted by molar-refractivity contribution is 0.0190. The van der Waals surface area contributed by atoms with Crippen LogP contribution in [-0.2, 0) is 4.74 Å². The molecule has 7 nitrogen and oxygen atoms in total. The maximum absolute atomic E-state index is 12.4. The molecule has 2 amide bonds. The molecule has 0 spiro atoms. The Morgan fingerprint density at radius 3 is 2.65 bits per heavy atom. The molecule has 1 aromatic rings. The minimum absolute atomic E-state index is 0.188. The number of anilines is 1. The van der Waals surface area contributed by atoms with Crippen molar-refractivity contribution in [3.8, 4) is 6.07 Å². The van der Waals surface area contributed by atoms with Gasteiger partial charge in [-0.25, -0.2) is 9.59 Å². The number of carboxylic acid groups (broad SMARTS) is 1. The average molecular weight is 422 g/mol. The molecule has 138 valence electrons. The summed E-state index contributed by atoms with van der Waals surface area (Å²) in [6, 6.07) is 5.26. The molecule has 2 atom stereocenters. The fourth-order valence-electron chi connectivity index (χ4n) is 3.71. The highest BCUT2D eigenvalue weighted by atomic mass is 79.9. The van der Waals surface area contributed by atoms with E-state index in [0.29, 0.717) is 35.2 Å². The Kier molecular flexibility index (Phi) is 4.61. The lowest BCUT2D eigenvalue weighted by Crippen LogP contribution is -2.50. The molecule has 0 bridgehead atoms.